The topological polar surface area (TPSA) is 108 Å². The largest absolute Gasteiger partial charge is 0.480 e. The van der Waals surface area contributed by atoms with Crippen LogP contribution < -0.4 is 16.0 Å². The Labute approximate surface area is 243 Å². The molecule has 0 bridgehead atoms. The lowest BCUT2D eigenvalue weighted by Gasteiger charge is -2.40. The summed E-state index contributed by atoms with van der Waals surface area (Å²) in [5.74, 6) is -1.70. The molecule has 3 aromatic carbocycles. The molecule has 0 saturated carbocycles. The number of carboxylic acids is 1. The molecule has 3 atom stereocenters. The molecule has 3 rings (SSSR count). The molecule has 41 heavy (non-hydrogen) atoms. The minimum absolute atomic E-state index is 0.0861. The van der Waals surface area contributed by atoms with Gasteiger partial charge in [-0.25, -0.2) is 4.79 Å². The molecule has 2 amide bonds. The normalized spacial score (nSPS) is 13.8. The standard InChI is InChI=1S/C34H43N3O4/c1-23(2)21-29(32(39)35-25(5)31(38)36-30(33(40)41)22-24(3)4)37-34(26-15-9-6-10-16-26,27-17-11-7-12-18-27)28-19-13-8-14-20-28/h6-20,23-25,29-30,37H,21-22H2,1-5H3,(H,35,39)(H,36,38)(H,40,41)/t25-,29-,30-/m0/s1. The van der Waals surface area contributed by atoms with Gasteiger partial charge in [-0.05, 0) is 48.3 Å². The lowest BCUT2D eigenvalue weighted by molar-refractivity contribution is -0.142. The smallest absolute Gasteiger partial charge is 0.326 e. The number of hydrogen-bond donors (Lipinski definition) is 4. The summed E-state index contributed by atoms with van der Waals surface area (Å²) < 4.78 is 0. The molecular weight excluding hydrogens is 514 g/mol. The summed E-state index contributed by atoms with van der Waals surface area (Å²) in [6.45, 7) is 9.47. The van der Waals surface area contributed by atoms with E-state index in [9.17, 15) is 19.5 Å². The SMILES string of the molecule is CC(C)C[C@H](NC(=O)[C@H](C)NC(=O)[C@H](CC(C)C)NC(c1ccccc1)(c1ccccc1)c1ccccc1)C(=O)O. The van der Waals surface area contributed by atoms with E-state index >= 15 is 0 Å². The van der Waals surface area contributed by atoms with E-state index in [2.05, 4.69) is 29.8 Å². The lowest BCUT2D eigenvalue weighted by Crippen LogP contribution is -2.58. The summed E-state index contributed by atoms with van der Waals surface area (Å²) in [6, 6.07) is 27.5. The number of rotatable bonds is 14. The van der Waals surface area contributed by atoms with Crippen molar-refractivity contribution < 1.29 is 19.5 Å². The van der Waals surface area contributed by atoms with Crippen LogP contribution in [-0.4, -0.2) is 41.0 Å². The number of carbonyl (C=O) groups excluding carboxylic acids is 2. The second-order valence-corrected chi connectivity index (χ2v) is 11.4. The first kappa shape index (κ1) is 31.6. The fraction of sp³-hybridized carbons (Fsp3) is 0.382. The van der Waals surface area contributed by atoms with Crippen LogP contribution in [0, 0.1) is 11.8 Å². The Kier molecular flexibility index (Phi) is 11.2. The van der Waals surface area contributed by atoms with E-state index in [4.69, 9.17) is 0 Å². The third kappa shape index (κ3) is 8.27. The molecule has 0 aliphatic rings. The maximum Gasteiger partial charge on any atom is 0.326 e. The number of benzene rings is 3. The van der Waals surface area contributed by atoms with Crippen molar-refractivity contribution in [1.29, 1.82) is 0 Å². The molecule has 7 nitrogen and oxygen atoms in total. The zero-order valence-electron chi connectivity index (χ0n) is 24.6. The Hall–Kier alpha value is -3.97. The van der Waals surface area contributed by atoms with Crippen LogP contribution in [0.2, 0.25) is 0 Å². The van der Waals surface area contributed by atoms with Gasteiger partial charge in [-0.3, -0.25) is 14.9 Å². The monoisotopic (exact) mass is 557 g/mol. The fourth-order valence-corrected chi connectivity index (χ4v) is 5.15. The summed E-state index contributed by atoms with van der Waals surface area (Å²) in [4.78, 5) is 38.5. The summed E-state index contributed by atoms with van der Waals surface area (Å²) in [5.41, 5.74) is 2.06. The van der Waals surface area contributed by atoms with Gasteiger partial charge in [-0.2, -0.15) is 0 Å². The number of amides is 2. The maximum absolute atomic E-state index is 13.9. The van der Waals surface area contributed by atoms with Crippen LogP contribution in [0.25, 0.3) is 0 Å². The number of aliphatic carboxylic acids is 1. The summed E-state index contributed by atoms with van der Waals surface area (Å²) in [6.07, 6.45) is 0.812. The van der Waals surface area contributed by atoms with E-state index in [1.165, 1.54) is 0 Å². The summed E-state index contributed by atoms with van der Waals surface area (Å²) in [7, 11) is 0. The van der Waals surface area contributed by atoms with E-state index in [1.807, 2.05) is 105 Å². The molecule has 0 aliphatic heterocycles. The zero-order chi connectivity index (χ0) is 30.0. The molecule has 0 unspecified atom stereocenters. The highest BCUT2D eigenvalue weighted by Crippen LogP contribution is 2.37. The molecule has 4 N–H and O–H groups in total. The van der Waals surface area contributed by atoms with Crippen LogP contribution in [0.3, 0.4) is 0 Å². The Bertz CT molecular complexity index is 1170. The van der Waals surface area contributed by atoms with Crippen LogP contribution in [0.1, 0.15) is 64.2 Å². The van der Waals surface area contributed by atoms with Crippen molar-refractivity contribution in [1.82, 2.24) is 16.0 Å². The van der Waals surface area contributed by atoms with Crippen molar-refractivity contribution in [2.24, 2.45) is 11.8 Å². The maximum atomic E-state index is 13.9. The lowest BCUT2D eigenvalue weighted by atomic mass is 9.76. The molecule has 7 heteroatoms. The van der Waals surface area contributed by atoms with Gasteiger partial charge in [0.1, 0.15) is 12.1 Å². The van der Waals surface area contributed by atoms with Crippen LogP contribution in [-0.2, 0) is 19.9 Å². The van der Waals surface area contributed by atoms with Crippen molar-refractivity contribution in [3.63, 3.8) is 0 Å². The Morgan fingerprint density at radius 2 is 1.00 bits per heavy atom. The quantitative estimate of drug-likeness (QED) is 0.206. The Morgan fingerprint density at radius 1 is 0.610 bits per heavy atom. The fourth-order valence-electron chi connectivity index (χ4n) is 5.15. The molecule has 0 radical (unpaired) electrons. The predicted molar refractivity (Wildman–Crippen MR) is 162 cm³/mol. The minimum Gasteiger partial charge on any atom is -0.480 e. The number of hydrogen-bond acceptors (Lipinski definition) is 4. The van der Waals surface area contributed by atoms with Gasteiger partial charge >= 0.3 is 5.97 Å². The van der Waals surface area contributed by atoms with E-state index in [-0.39, 0.29) is 17.7 Å². The second kappa shape index (κ2) is 14.6. The van der Waals surface area contributed by atoms with Gasteiger partial charge in [-0.15, -0.1) is 0 Å². The summed E-state index contributed by atoms with van der Waals surface area (Å²) in [5, 5.41) is 18.7. The molecule has 0 heterocycles. The van der Waals surface area contributed by atoms with Gasteiger partial charge in [0.2, 0.25) is 11.8 Å². The van der Waals surface area contributed by atoms with Gasteiger partial charge < -0.3 is 15.7 Å². The van der Waals surface area contributed by atoms with Gasteiger partial charge in [0.25, 0.3) is 0 Å². The van der Waals surface area contributed by atoms with Gasteiger partial charge in [0, 0.05) is 0 Å². The first-order valence-corrected chi connectivity index (χ1v) is 14.3. The van der Waals surface area contributed by atoms with Crippen LogP contribution >= 0.6 is 0 Å². The van der Waals surface area contributed by atoms with Crippen LogP contribution in [0.4, 0.5) is 0 Å². The van der Waals surface area contributed by atoms with E-state index < -0.39 is 35.5 Å². The van der Waals surface area contributed by atoms with E-state index in [0.717, 1.165) is 16.7 Å². The van der Waals surface area contributed by atoms with Crippen LogP contribution in [0.5, 0.6) is 0 Å². The van der Waals surface area contributed by atoms with E-state index in [0.29, 0.717) is 12.8 Å². The molecule has 0 aliphatic carbocycles. The van der Waals surface area contributed by atoms with Crippen molar-refractivity contribution in [3.05, 3.63) is 108 Å². The third-order valence-corrected chi connectivity index (χ3v) is 7.11. The molecule has 0 aromatic heterocycles. The second-order valence-electron chi connectivity index (χ2n) is 11.4. The molecule has 0 fully saturated rings. The predicted octanol–water partition coefficient (Wildman–Crippen LogP) is 5.10. The van der Waals surface area contributed by atoms with Crippen molar-refractivity contribution >= 4 is 17.8 Å². The van der Waals surface area contributed by atoms with Crippen molar-refractivity contribution in [3.8, 4) is 0 Å². The van der Waals surface area contributed by atoms with Gasteiger partial charge in [0.05, 0.1) is 11.6 Å². The average Bonchev–Trinajstić information content (AvgIpc) is 2.95. The van der Waals surface area contributed by atoms with E-state index in [1.54, 1.807) is 6.92 Å². The van der Waals surface area contributed by atoms with Gasteiger partial charge in [-0.1, -0.05) is 119 Å². The first-order chi connectivity index (χ1) is 19.5. The molecule has 218 valence electrons. The highest BCUT2D eigenvalue weighted by atomic mass is 16.4. The molecular formula is C34H43N3O4. The average molecular weight is 558 g/mol. The first-order valence-electron chi connectivity index (χ1n) is 14.3. The number of carboxylic acid groups (broad SMARTS) is 1. The minimum atomic E-state index is -1.09. The molecule has 3 aromatic rings. The Balaban J connectivity index is 2.00. The Morgan fingerprint density at radius 3 is 1.37 bits per heavy atom. The highest BCUT2D eigenvalue weighted by Gasteiger charge is 2.40. The summed E-state index contributed by atoms with van der Waals surface area (Å²) >= 11 is 0. The third-order valence-electron chi connectivity index (χ3n) is 7.11. The van der Waals surface area contributed by atoms with Gasteiger partial charge in [0.15, 0.2) is 0 Å². The number of carbonyl (C=O) groups is 3. The molecule has 0 spiro atoms. The number of nitrogens with one attached hydrogen (secondary N) is 3. The zero-order valence-corrected chi connectivity index (χ0v) is 24.6. The highest BCUT2D eigenvalue weighted by molar-refractivity contribution is 5.91. The van der Waals surface area contributed by atoms with Crippen molar-refractivity contribution in [2.45, 2.75) is 71.1 Å². The van der Waals surface area contributed by atoms with Crippen molar-refractivity contribution in [2.75, 3.05) is 0 Å². The molecule has 0 saturated heterocycles. The van der Waals surface area contributed by atoms with Crippen LogP contribution in [0.15, 0.2) is 91.0 Å².